The van der Waals surface area contributed by atoms with E-state index in [1.165, 1.54) is 6.20 Å². The highest BCUT2D eigenvalue weighted by Gasteiger charge is 2.22. The average Bonchev–Trinajstić information content (AvgIpc) is 2.29. The Balaban J connectivity index is 2.85. The van der Waals surface area contributed by atoms with Gasteiger partial charge in [0.2, 0.25) is 5.89 Å². The molecule has 5 nitrogen and oxygen atoms in total. The molecule has 0 bridgehead atoms. The zero-order valence-corrected chi connectivity index (χ0v) is 9.28. The summed E-state index contributed by atoms with van der Waals surface area (Å²) in [6, 6.07) is 0. The molecule has 14 heavy (non-hydrogen) atoms. The summed E-state index contributed by atoms with van der Waals surface area (Å²) in [7, 11) is -4.08. The van der Waals surface area contributed by atoms with Crippen LogP contribution in [0.2, 0.25) is 0 Å². The van der Waals surface area contributed by atoms with E-state index in [1.54, 1.807) is 0 Å². The third kappa shape index (κ3) is 3.25. The monoisotopic (exact) mass is 219 g/mol. The predicted molar refractivity (Wildman–Crippen MR) is 51.0 cm³/mol. The lowest BCUT2D eigenvalue weighted by atomic mass is 9.94. The zero-order chi connectivity index (χ0) is 11.0. The van der Waals surface area contributed by atoms with Crippen molar-refractivity contribution in [3.8, 4) is 0 Å². The van der Waals surface area contributed by atoms with Crippen molar-refractivity contribution in [2.45, 2.75) is 32.3 Å². The SMILES string of the molecule is CC(C)(C)c1cnc(CP(=O)(O)O)o1. The summed E-state index contributed by atoms with van der Waals surface area (Å²) in [4.78, 5) is 21.2. The van der Waals surface area contributed by atoms with Gasteiger partial charge in [0, 0.05) is 5.41 Å². The fourth-order valence-electron chi connectivity index (χ4n) is 0.906. The lowest BCUT2D eigenvalue weighted by Gasteiger charge is -2.13. The van der Waals surface area contributed by atoms with Gasteiger partial charge in [-0.25, -0.2) is 4.98 Å². The van der Waals surface area contributed by atoms with Crippen LogP contribution in [0.5, 0.6) is 0 Å². The number of nitrogens with zero attached hydrogens (tertiary/aromatic N) is 1. The van der Waals surface area contributed by atoms with E-state index < -0.39 is 13.8 Å². The van der Waals surface area contributed by atoms with Gasteiger partial charge in [-0.15, -0.1) is 0 Å². The Morgan fingerprint density at radius 3 is 2.43 bits per heavy atom. The van der Waals surface area contributed by atoms with Crippen LogP contribution in [-0.4, -0.2) is 14.8 Å². The molecule has 2 N–H and O–H groups in total. The number of aromatic nitrogens is 1. The number of hydrogen-bond donors (Lipinski definition) is 2. The molecule has 0 aliphatic heterocycles. The number of oxazole rings is 1. The lowest BCUT2D eigenvalue weighted by Crippen LogP contribution is -2.09. The maximum Gasteiger partial charge on any atom is 0.334 e. The normalized spacial score (nSPS) is 13.2. The molecule has 0 radical (unpaired) electrons. The largest absolute Gasteiger partial charge is 0.444 e. The van der Waals surface area contributed by atoms with Gasteiger partial charge in [-0.3, -0.25) is 4.57 Å². The number of rotatable bonds is 2. The van der Waals surface area contributed by atoms with Crippen molar-refractivity contribution in [1.82, 2.24) is 4.98 Å². The van der Waals surface area contributed by atoms with E-state index >= 15 is 0 Å². The molecule has 0 aliphatic rings. The Bertz CT molecular complexity index is 360. The molecular formula is C8H14NO4P. The van der Waals surface area contributed by atoms with Gasteiger partial charge in [0.15, 0.2) is 0 Å². The van der Waals surface area contributed by atoms with E-state index in [1.807, 2.05) is 20.8 Å². The second-order valence-electron chi connectivity index (χ2n) is 4.19. The second kappa shape index (κ2) is 3.50. The molecule has 0 saturated carbocycles. The van der Waals surface area contributed by atoms with Gasteiger partial charge < -0.3 is 14.2 Å². The molecule has 0 saturated heterocycles. The predicted octanol–water partition coefficient (Wildman–Crippen LogP) is 1.65. The van der Waals surface area contributed by atoms with Gasteiger partial charge in [0.05, 0.1) is 6.20 Å². The molecule has 6 heteroatoms. The summed E-state index contributed by atoms with van der Waals surface area (Å²) in [5.74, 6) is 0.712. The molecule has 1 heterocycles. The minimum atomic E-state index is -4.08. The molecule has 0 amide bonds. The van der Waals surface area contributed by atoms with Crippen LogP contribution in [0.4, 0.5) is 0 Å². The Labute approximate surface area is 82.3 Å². The van der Waals surface area contributed by atoms with E-state index in [0.717, 1.165) is 0 Å². The summed E-state index contributed by atoms with van der Waals surface area (Å²) in [6.45, 7) is 5.82. The zero-order valence-electron chi connectivity index (χ0n) is 8.39. The maximum atomic E-state index is 10.7. The highest BCUT2D eigenvalue weighted by Crippen LogP contribution is 2.39. The molecule has 80 valence electrons. The Morgan fingerprint density at radius 2 is 2.07 bits per heavy atom. The minimum absolute atomic E-state index is 0.0864. The quantitative estimate of drug-likeness (QED) is 0.739. The summed E-state index contributed by atoms with van der Waals surface area (Å²) in [5.41, 5.74) is -0.194. The van der Waals surface area contributed by atoms with Gasteiger partial charge in [0.1, 0.15) is 11.9 Å². The fourth-order valence-corrected chi connectivity index (χ4v) is 1.40. The van der Waals surface area contributed by atoms with Crippen LogP contribution >= 0.6 is 7.60 Å². The van der Waals surface area contributed by atoms with Crippen LogP contribution in [-0.2, 0) is 16.1 Å². The van der Waals surface area contributed by atoms with E-state index in [9.17, 15) is 4.57 Å². The first-order valence-electron chi connectivity index (χ1n) is 4.18. The van der Waals surface area contributed by atoms with E-state index in [4.69, 9.17) is 14.2 Å². The molecular weight excluding hydrogens is 205 g/mol. The minimum Gasteiger partial charge on any atom is -0.444 e. The van der Waals surface area contributed by atoms with Crippen molar-refractivity contribution in [1.29, 1.82) is 0 Å². The lowest BCUT2D eigenvalue weighted by molar-refractivity contribution is 0.352. The van der Waals surface area contributed by atoms with Gasteiger partial charge in [-0.05, 0) is 0 Å². The molecule has 1 rings (SSSR count). The summed E-state index contributed by atoms with van der Waals surface area (Å²) in [5, 5.41) is 0. The molecule has 1 aromatic rings. The Kier molecular flexibility index (Phi) is 2.86. The average molecular weight is 219 g/mol. The van der Waals surface area contributed by atoms with E-state index in [0.29, 0.717) is 5.76 Å². The first kappa shape index (κ1) is 11.4. The molecule has 0 aromatic carbocycles. The van der Waals surface area contributed by atoms with Gasteiger partial charge >= 0.3 is 7.60 Å². The van der Waals surface area contributed by atoms with Crippen molar-refractivity contribution in [2.24, 2.45) is 0 Å². The van der Waals surface area contributed by atoms with Crippen LogP contribution in [0.3, 0.4) is 0 Å². The Morgan fingerprint density at radius 1 is 1.50 bits per heavy atom. The van der Waals surface area contributed by atoms with Crippen molar-refractivity contribution in [2.75, 3.05) is 0 Å². The van der Waals surface area contributed by atoms with Gasteiger partial charge in [-0.2, -0.15) is 0 Å². The standard InChI is InChI=1S/C8H14NO4P/c1-8(2,3)6-4-9-7(13-6)5-14(10,11)12/h4H,5H2,1-3H3,(H2,10,11,12). The van der Waals surface area contributed by atoms with E-state index in [2.05, 4.69) is 4.98 Å². The van der Waals surface area contributed by atoms with Crippen LogP contribution in [0, 0.1) is 0 Å². The third-order valence-electron chi connectivity index (χ3n) is 1.63. The molecule has 0 spiro atoms. The van der Waals surface area contributed by atoms with Crippen LogP contribution < -0.4 is 0 Å². The van der Waals surface area contributed by atoms with Crippen molar-refractivity contribution >= 4 is 7.60 Å². The smallest absolute Gasteiger partial charge is 0.334 e. The molecule has 0 unspecified atom stereocenters. The van der Waals surface area contributed by atoms with Gasteiger partial charge in [-0.1, -0.05) is 20.8 Å². The van der Waals surface area contributed by atoms with Crippen molar-refractivity contribution in [3.63, 3.8) is 0 Å². The molecule has 0 atom stereocenters. The number of hydrogen-bond acceptors (Lipinski definition) is 3. The van der Waals surface area contributed by atoms with Crippen molar-refractivity contribution in [3.05, 3.63) is 17.8 Å². The summed E-state index contributed by atoms with van der Waals surface area (Å²) >= 11 is 0. The maximum absolute atomic E-state index is 10.7. The Hall–Kier alpha value is -0.640. The molecule has 0 aliphatic carbocycles. The molecule has 0 fully saturated rings. The van der Waals surface area contributed by atoms with Crippen LogP contribution in [0.15, 0.2) is 10.6 Å². The topological polar surface area (TPSA) is 83.6 Å². The third-order valence-corrected chi connectivity index (χ3v) is 2.32. The fraction of sp³-hybridized carbons (Fsp3) is 0.625. The first-order valence-corrected chi connectivity index (χ1v) is 5.98. The van der Waals surface area contributed by atoms with Crippen molar-refractivity contribution < 1.29 is 18.8 Å². The van der Waals surface area contributed by atoms with Gasteiger partial charge in [0.25, 0.3) is 0 Å². The van der Waals surface area contributed by atoms with Crippen LogP contribution in [0.25, 0.3) is 0 Å². The highest BCUT2D eigenvalue weighted by atomic mass is 31.2. The highest BCUT2D eigenvalue weighted by molar-refractivity contribution is 7.50. The summed E-state index contributed by atoms with van der Waals surface area (Å²) < 4.78 is 15.9. The molecule has 1 aromatic heterocycles. The first-order chi connectivity index (χ1) is 6.18. The second-order valence-corrected chi connectivity index (χ2v) is 5.84. The van der Waals surface area contributed by atoms with E-state index in [-0.39, 0.29) is 11.3 Å². The van der Waals surface area contributed by atoms with Crippen LogP contribution in [0.1, 0.15) is 32.4 Å². The summed E-state index contributed by atoms with van der Waals surface area (Å²) in [6.07, 6.45) is 1.06.